The smallest absolute Gasteiger partial charge is 0.326 e. The van der Waals surface area contributed by atoms with Gasteiger partial charge >= 0.3 is 11.9 Å². The second-order valence-corrected chi connectivity index (χ2v) is 4.99. The number of amides is 1. The highest BCUT2D eigenvalue weighted by molar-refractivity contribution is 7.13. The third-order valence-corrected chi connectivity index (χ3v) is 3.15. The molecule has 0 aliphatic rings. The number of carboxylic acids is 2. The van der Waals surface area contributed by atoms with Crippen LogP contribution in [-0.2, 0) is 20.8 Å². The minimum Gasteiger partial charge on any atom is -0.481 e. The van der Waals surface area contributed by atoms with E-state index in [0.717, 1.165) is 0 Å². The first-order valence-electron chi connectivity index (χ1n) is 5.82. The number of nitrogens with two attached hydrogens (primary N) is 1. The Labute approximate surface area is 118 Å². The van der Waals surface area contributed by atoms with Crippen molar-refractivity contribution in [3.8, 4) is 0 Å². The van der Waals surface area contributed by atoms with E-state index in [1.807, 2.05) is 0 Å². The number of thiazole rings is 1. The first-order chi connectivity index (χ1) is 9.38. The van der Waals surface area contributed by atoms with Gasteiger partial charge in [0.15, 0.2) is 5.13 Å². The van der Waals surface area contributed by atoms with E-state index in [1.165, 1.54) is 11.3 Å². The van der Waals surface area contributed by atoms with E-state index in [4.69, 9.17) is 15.9 Å². The molecule has 1 aromatic rings. The van der Waals surface area contributed by atoms with E-state index in [0.29, 0.717) is 10.8 Å². The lowest BCUT2D eigenvalue weighted by Crippen LogP contribution is -2.41. The molecule has 0 fully saturated rings. The molecule has 1 rings (SSSR count). The average Bonchev–Trinajstić information content (AvgIpc) is 2.72. The van der Waals surface area contributed by atoms with Crippen LogP contribution in [0.3, 0.4) is 0 Å². The van der Waals surface area contributed by atoms with E-state index in [1.54, 1.807) is 5.38 Å². The van der Waals surface area contributed by atoms with Crippen molar-refractivity contribution in [3.05, 3.63) is 11.1 Å². The third-order valence-electron chi connectivity index (χ3n) is 2.43. The maximum atomic E-state index is 11.7. The molecule has 1 amide bonds. The maximum absolute atomic E-state index is 11.7. The molecular weight excluding hydrogens is 286 g/mol. The lowest BCUT2D eigenvalue weighted by atomic mass is 10.1. The normalized spacial score (nSPS) is 11.8. The number of rotatable bonds is 8. The first-order valence-corrected chi connectivity index (χ1v) is 6.70. The highest BCUT2D eigenvalue weighted by Gasteiger charge is 2.20. The average molecular weight is 301 g/mol. The molecule has 110 valence electrons. The molecule has 1 aromatic heterocycles. The Bertz CT molecular complexity index is 502. The second kappa shape index (κ2) is 7.43. The van der Waals surface area contributed by atoms with Gasteiger partial charge in [0, 0.05) is 11.8 Å². The van der Waals surface area contributed by atoms with E-state index in [9.17, 15) is 14.4 Å². The number of nitrogens with one attached hydrogen (secondary N) is 1. The molecule has 0 spiro atoms. The maximum Gasteiger partial charge on any atom is 0.326 e. The number of anilines is 1. The summed E-state index contributed by atoms with van der Waals surface area (Å²) in [6.07, 6.45) is 0.0431. The molecule has 0 saturated carbocycles. The topological polar surface area (TPSA) is 143 Å². The number of aliphatic carboxylic acids is 2. The number of aromatic nitrogens is 1. The quantitative estimate of drug-likeness (QED) is 0.533. The molecule has 0 saturated heterocycles. The first kappa shape index (κ1) is 15.9. The number of carboxylic acid groups (broad SMARTS) is 2. The van der Waals surface area contributed by atoms with Gasteiger partial charge in [-0.25, -0.2) is 9.78 Å². The van der Waals surface area contributed by atoms with Gasteiger partial charge in [0.05, 0.1) is 12.1 Å². The zero-order chi connectivity index (χ0) is 15.1. The molecule has 20 heavy (non-hydrogen) atoms. The number of hydrogen-bond donors (Lipinski definition) is 4. The summed E-state index contributed by atoms with van der Waals surface area (Å²) in [4.78, 5) is 36.9. The highest BCUT2D eigenvalue weighted by Crippen LogP contribution is 2.11. The van der Waals surface area contributed by atoms with Gasteiger partial charge in [-0.15, -0.1) is 11.3 Å². The summed E-state index contributed by atoms with van der Waals surface area (Å²) in [5, 5.41) is 21.7. The molecule has 0 aliphatic heterocycles. The van der Waals surface area contributed by atoms with Crippen LogP contribution in [-0.4, -0.2) is 39.1 Å². The molecule has 8 nitrogen and oxygen atoms in total. The number of carbonyl (C=O) groups excluding carboxylic acids is 1. The molecular formula is C11H15N3O5S. The van der Waals surface area contributed by atoms with Crippen LogP contribution in [0, 0.1) is 0 Å². The van der Waals surface area contributed by atoms with Crippen molar-refractivity contribution < 1.29 is 24.6 Å². The Kier molecular flexibility index (Phi) is 5.91. The summed E-state index contributed by atoms with van der Waals surface area (Å²) in [5.41, 5.74) is 5.90. The molecule has 0 aromatic carbocycles. The van der Waals surface area contributed by atoms with Crippen molar-refractivity contribution in [1.29, 1.82) is 0 Å². The van der Waals surface area contributed by atoms with Gasteiger partial charge in [-0.3, -0.25) is 9.59 Å². The number of nitrogens with zero attached hydrogens (tertiary/aromatic N) is 1. The van der Waals surface area contributed by atoms with Crippen LogP contribution in [0.1, 0.15) is 25.0 Å². The molecule has 9 heteroatoms. The molecule has 1 atom stereocenters. The van der Waals surface area contributed by atoms with Crippen LogP contribution < -0.4 is 11.1 Å². The largest absolute Gasteiger partial charge is 0.481 e. The Morgan fingerprint density at radius 1 is 1.40 bits per heavy atom. The zero-order valence-electron chi connectivity index (χ0n) is 10.5. The highest BCUT2D eigenvalue weighted by atomic mass is 32.1. The summed E-state index contributed by atoms with van der Waals surface area (Å²) >= 11 is 1.19. The fraction of sp³-hybridized carbons (Fsp3) is 0.455. The predicted molar refractivity (Wildman–Crippen MR) is 71.3 cm³/mol. The van der Waals surface area contributed by atoms with Gasteiger partial charge in [0.1, 0.15) is 6.04 Å². The lowest BCUT2D eigenvalue weighted by Gasteiger charge is -2.13. The number of hydrogen-bond acceptors (Lipinski definition) is 6. The van der Waals surface area contributed by atoms with Gasteiger partial charge in [-0.1, -0.05) is 0 Å². The third kappa shape index (κ3) is 5.65. The zero-order valence-corrected chi connectivity index (χ0v) is 11.4. The Morgan fingerprint density at radius 3 is 2.60 bits per heavy atom. The van der Waals surface area contributed by atoms with Gasteiger partial charge < -0.3 is 21.3 Å². The summed E-state index contributed by atoms with van der Waals surface area (Å²) in [6, 6.07) is -1.10. The summed E-state index contributed by atoms with van der Waals surface area (Å²) < 4.78 is 0. The number of carbonyl (C=O) groups is 3. The van der Waals surface area contributed by atoms with Crippen molar-refractivity contribution in [2.75, 3.05) is 5.73 Å². The standard InChI is InChI=1S/C11H15N3O5S/c12-11-13-6(5-20-11)4-8(15)14-7(10(18)19)2-1-3-9(16)17/h5,7H,1-4H2,(H2,12,13)(H,14,15)(H,16,17)(H,18,19)/t7-/m1/s1. The molecule has 1 heterocycles. The lowest BCUT2D eigenvalue weighted by molar-refractivity contribution is -0.142. The van der Waals surface area contributed by atoms with Gasteiger partial charge in [0.2, 0.25) is 5.91 Å². The Hall–Kier alpha value is -2.16. The van der Waals surface area contributed by atoms with Crippen molar-refractivity contribution >= 4 is 34.3 Å². The number of nitrogen functional groups attached to an aromatic ring is 1. The predicted octanol–water partition coefficient (Wildman–Crippen LogP) is 0.0921. The van der Waals surface area contributed by atoms with Crippen molar-refractivity contribution in [3.63, 3.8) is 0 Å². The second-order valence-electron chi connectivity index (χ2n) is 4.10. The van der Waals surface area contributed by atoms with Gasteiger partial charge in [0.25, 0.3) is 0 Å². The van der Waals surface area contributed by atoms with Crippen LogP contribution in [0.4, 0.5) is 5.13 Å². The van der Waals surface area contributed by atoms with E-state index < -0.39 is 23.9 Å². The molecule has 0 aliphatic carbocycles. The van der Waals surface area contributed by atoms with Crippen LogP contribution in [0.5, 0.6) is 0 Å². The van der Waals surface area contributed by atoms with E-state index in [2.05, 4.69) is 10.3 Å². The Balaban J connectivity index is 2.46. The van der Waals surface area contributed by atoms with E-state index >= 15 is 0 Å². The molecule has 0 unspecified atom stereocenters. The van der Waals surface area contributed by atoms with Crippen molar-refractivity contribution in [1.82, 2.24) is 10.3 Å². The monoisotopic (exact) mass is 301 g/mol. The SMILES string of the molecule is Nc1nc(CC(=O)N[C@H](CCCC(=O)O)C(=O)O)cs1. The fourth-order valence-electron chi connectivity index (χ4n) is 1.53. The van der Waals surface area contributed by atoms with Crippen molar-refractivity contribution in [2.24, 2.45) is 0 Å². The summed E-state index contributed by atoms with van der Waals surface area (Å²) in [7, 11) is 0. The van der Waals surface area contributed by atoms with Crippen LogP contribution in [0.2, 0.25) is 0 Å². The molecule has 0 bridgehead atoms. The van der Waals surface area contributed by atoms with Crippen LogP contribution >= 0.6 is 11.3 Å². The Morgan fingerprint density at radius 2 is 2.10 bits per heavy atom. The summed E-state index contributed by atoms with van der Waals surface area (Å²) in [6.45, 7) is 0. The fourth-order valence-corrected chi connectivity index (χ4v) is 2.09. The van der Waals surface area contributed by atoms with Gasteiger partial charge in [-0.05, 0) is 12.8 Å². The molecule has 0 radical (unpaired) electrons. The summed E-state index contributed by atoms with van der Waals surface area (Å²) in [5.74, 6) is -2.68. The van der Waals surface area contributed by atoms with Crippen LogP contribution in [0.15, 0.2) is 5.38 Å². The van der Waals surface area contributed by atoms with Crippen LogP contribution in [0.25, 0.3) is 0 Å². The van der Waals surface area contributed by atoms with Gasteiger partial charge in [-0.2, -0.15) is 0 Å². The minimum absolute atomic E-state index is 0.0591. The molecule has 5 N–H and O–H groups in total. The minimum atomic E-state index is -1.19. The van der Waals surface area contributed by atoms with Crippen molar-refractivity contribution in [2.45, 2.75) is 31.7 Å². The van der Waals surface area contributed by atoms with E-state index in [-0.39, 0.29) is 25.7 Å².